The van der Waals surface area contributed by atoms with Crippen molar-refractivity contribution in [2.75, 3.05) is 24.5 Å². The molecule has 286 valence electrons. The number of aromatic carboxylic acids is 1. The maximum absolute atomic E-state index is 14.2. The van der Waals surface area contributed by atoms with Gasteiger partial charge in [0.2, 0.25) is 5.91 Å². The number of para-hydroxylation sites is 1. The molecule has 8 atom stereocenters. The van der Waals surface area contributed by atoms with Crippen LogP contribution >= 0.6 is 0 Å². The number of carbonyl (C=O) groups excluding carboxylic acids is 1. The highest BCUT2D eigenvalue weighted by Crippen LogP contribution is 2.73. The van der Waals surface area contributed by atoms with Gasteiger partial charge in [0.15, 0.2) is 0 Å². The Morgan fingerprint density at radius 3 is 2.21 bits per heavy atom. The van der Waals surface area contributed by atoms with Crippen molar-refractivity contribution in [3.05, 3.63) is 84.5 Å². The van der Waals surface area contributed by atoms with E-state index in [0.717, 1.165) is 49.8 Å². The maximum Gasteiger partial charge on any atom is 0.335 e. The Bertz CT molecular complexity index is 1700. The number of rotatable bonds is 9. The van der Waals surface area contributed by atoms with E-state index < -0.39 is 11.9 Å². The fourth-order valence-electron chi connectivity index (χ4n) is 13.1. The summed E-state index contributed by atoms with van der Waals surface area (Å²) in [5.74, 6) is 1.29. The molecule has 0 spiro atoms. The molecule has 5 aliphatic rings. The Labute approximate surface area is 317 Å². The first-order valence-corrected chi connectivity index (χ1v) is 20.1. The van der Waals surface area contributed by atoms with Gasteiger partial charge in [-0.3, -0.25) is 9.59 Å². The third kappa shape index (κ3) is 6.87. The summed E-state index contributed by atoms with van der Waals surface area (Å²) in [5, 5.41) is 22.3. The highest BCUT2D eigenvalue weighted by Gasteiger charge is 2.66. The first-order chi connectivity index (χ1) is 25.2. The molecule has 5 aliphatic carbocycles. The van der Waals surface area contributed by atoms with Gasteiger partial charge in [-0.05, 0) is 146 Å². The van der Waals surface area contributed by atoms with Crippen LogP contribution in [0.2, 0.25) is 0 Å². The van der Waals surface area contributed by atoms with Gasteiger partial charge in [-0.1, -0.05) is 76.6 Å². The Morgan fingerprint density at radius 1 is 0.849 bits per heavy atom. The molecule has 7 rings (SSSR count). The minimum atomic E-state index is -0.885. The highest BCUT2D eigenvalue weighted by molar-refractivity contribution is 5.88. The minimum absolute atomic E-state index is 0.0122. The monoisotopic (exact) mass is 722 g/mol. The van der Waals surface area contributed by atoms with E-state index >= 15 is 0 Å². The molecule has 8 unspecified atom stereocenters. The Morgan fingerprint density at radius 2 is 1.55 bits per heavy atom. The number of carboxylic acids is 2. The summed E-state index contributed by atoms with van der Waals surface area (Å²) in [4.78, 5) is 39.2. The van der Waals surface area contributed by atoms with Gasteiger partial charge >= 0.3 is 11.9 Å². The predicted molar refractivity (Wildman–Crippen MR) is 213 cm³/mol. The maximum atomic E-state index is 14.2. The number of fused-ring (bicyclic) bond motifs is 7. The largest absolute Gasteiger partial charge is 0.480 e. The number of aliphatic carboxylic acids is 1. The average molecular weight is 723 g/mol. The zero-order valence-electron chi connectivity index (χ0n) is 32.7. The standard InChI is InChI=1S/C43H56N2O5.C3H6/c1-40(2)32(28-12-14-29(15-13-28)38(48)49)18-22-42(4)35(40)20-23-41(3)33-19-24-43(21-8-11-34(43)31(33)16-17-36(41)42)39(50)44-25-26-45(27-37(46)47)30-9-6-5-7-10-30;1-3-2/h5-7,9-10,12-15,18,31,33-36H,8,11,16-17,19-27H2,1-4H3,(H,44,50)(H,46,47)(H,48,49);3H,1H2,2H3. The van der Waals surface area contributed by atoms with Crippen LogP contribution in [0.1, 0.15) is 115 Å². The van der Waals surface area contributed by atoms with Crippen LogP contribution in [0.25, 0.3) is 5.57 Å². The molecule has 0 aromatic heterocycles. The van der Waals surface area contributed by atoms with Crippen LogP contribution in [0.4, 0.5) is 5.69 Å². The van der Waals surface area contributed by atoms with E-state index in [1.807, 2.05) is 54.3 Å². The van der Waals surface area contributed by atoms with Gasteiger partial charge in [0, 0.05) is 18.8 Å². The smallest absolute Gasteiger partial charge is 0.335 e. The minimum Gasteiger partial charge on any atom is -0.480 e. The molecule has 0 radical (unpaired) electrons. The van der Waals surface area contributed by atoms with Crippen molar-refractivity contribution in [3.63, 3.8) is 0 Å². The second kappa shape index (κ2) is 15.1. The molecule has 2 aromatic carbocycles. The molecule has 53 heavy (non-hydrogen) atoms. The fourth-order valence-corrected chi connectivity index (χ4v) is 13.1. The molecule has 0 bridgehead atoms. The number of benzene rings is 2. The number of anilines is 1. The normalized spacial score (nSPS) is 33.6. The summed E-state index contributed by atoms with van der Waals surface area (Å²) in [5.41, 5.74) is 3.86. The third-order valence-corrected chi connectivity index (χ3v) is 15.1. The summed E-state index contributed by atoms with van der Waals surface area (Å²) in [6.07, 6.45) is 15.5. The number of nitrogens with zero attached hydrogens (tertiary/aromatic N) is 1. The van der Waals surface area contributed by atoms with Crippen LogP contribution in [-0.2, 0) is 9.59 Å². The molecule has 0 heterocycles. The second-order valence-corrected chi connectivity index (χ2v) is 17.9. The van der Waals surface area contributed by atoms with Crippen LogP contribution in [0, 0.1) is 51.2 Å². The second-order valence-electron chi connectivity index (χ2n) is 17.9. The zero-order chi connectivity index (χ0) is 38.2. The van der Waals surface area contributed by atoms with Crippen molar-refractivity contribution in [1.29, 1.82) is 0 Å². The molecule has 3 N–H and O–H groups in total. The van der Waals surface area contributed by atoms with Crippen LogP contribution in [0.5, 0.6) is 0 Å². The first-order valence-electron chi connectivity index (χ1n) is 20.1. The van der Waals surface area contributed by atoms with Crippen LogP contribution < -0.4 is 10.2 Å². The number of nitrogens with one attached hydrogen (secondary N) is 1. The lowest BCUT2D eigenvalue weighted by molar-refractivity contribution is -0.181. The van der Waals surface area contributed by atoms with Gasteiger partial charge < -0.3 is 20.4 Å². The predicted octanol–water partition coefficient (Wildman–Crippen LogP) is 9.74. The quantitative estimate of drug-likeness (QED) is 0.223. The molecule has 2 aromatic rings. The fraction of sp³-hybridized carbons (Fsp3) is 0.587. The molecule has 1 amide bonds. The molecule has 4 fully saturated rings. The summed E-state index contributed by atoms with van der Waals surface area (Å²) in [6, 6.07) is 17.1. The van der Waals surface area contributed by atoms with Gasteiger partial charge in [-0.2, -0.15) is 0 Å². The van der Waals surface area contributed by atoms with E-state index in [4.69, 9.17) is 0 Å². The Kier molecular flexibility index (Phi) is 11.1. The van der Waals surface area contributed by atoms with Gasteiger partial charge in [0.25, 0.3) is 0 Å². The highest BCUT2D eigenvalue weighted by atomic mass is 16.4. The number of hydrogen-bond acceptors (Lipinski definition) is 4. The summed E-state index contributed by atoms with van der Waals surface area (Å²) in [7, 11) is 0. The Hall–Kier alpha value is -3.87. The molecule has 0 saturated heterocycles. The molecular formula is C46H62N2O5. The van der Waals surface area contributed by atoms with Gasteiger partial charge in [0.1, 0.15) is 6.54 Å². The molecule has 4 saturated carbocycles. The molecule has 7 heteroatoms. The van der Waals surface area contributed by atoms with E-state index in [0.29, 0.717) is 48.2 Å². The van der Waals surface area contributed by atoms with E-state index in [-0.39, 0.29) is 34.1 Å². The van der Waals surface area contributed by atoms with E-state index in [2.05, 4.69) is 45.7 Å². The van der Waals surface area contributed by atoms with Crippen molar-refractivity contribution in [2.24, 2.45) is 51.2 Å². The lowest BCUT2D eigenvalue weighted by atomic mass is 9.36. The summed E-state index contributed by atoms with van der Waals surface area (Å²) in [6.45, 7) is 16.1. The molecule has 0 aliphatic heterocycles. The van der Waals surface area contributed by atoms with E-state index in [1.54, 1.807) is 18.2 Å². The van der Waals surface area contributed by atoms with Gasteiger partial charge in [-0.25, -0.2) is 4.79 Å². The van der Waals surface area contributed by atoms with Crippen LogP contribution in [0.15, 0.2) is 73.3 Å². The van der Waals surface area contributed by atoms with Gasteiger partial charge in [-0.15, -0.1) is 6.58 Å². The van der Waals surface area contributed by atoms with E-state index in [9.17, 15) is 24.6 Å². The van der Waals surface area contributed by atoms with Crippen molar-refractivity contribution in [3.8, 4) is 0 Å². The summed E-state index contributed by atoms with van der Waals surface area (Å²) < 4.78 is 0. The molecule has 7 nitrogen and oxygen atoms in total. The lowest BCUT2D eigenvalue weighted by Crippen LogP contribution is -2.62. The third-order valence-electron chi connectivity index (χ3n) is 15.1. The van der Waals surface area contributed by atoms with Gasteiger partial charge in [0.05, 0.1) is 11.0 Å². The number of carbonyl (C=O) groups is 3. The van der Waals surface area contributed by atoms with Crippen molar-refractivity contribution in [1.82, 2.24) is 5.32 Å². The number of carboxylic acid groups (broad SMARTS) is 2. The number of amides is 1. The number of hydrogen-bond donors (Lipinski definition) is 3. The van der Waals surface area contributed by atoms with Crippen LogP contribution in [0.3, 0.4) is 0 Å². The van der Waals surface area contributed by atoms with E-state index in [1.165, 1.54) is 31.3 Å². The zero-order valence-corrected chi connectivity index (χ0v) is 32.7. The SMILES string of the molecule is C=CC.CC1(C)C(c2ccc(C(=O)O)cc2)=CCC2(C)C1CCC1(C)C3CCC4(C(=O)NCCN(CC(=O)O)c5ccccc5)CCCC4C3CCC12. The van der Waals surface area contributed by atoms with Crippen molar-refractivity contribution < 1.29 is 24.6 Å². The van der Waals surface area contributed by atoms with Crippen molar-refractivity contribution in [2.45, 2.75) is 98.8 Å². The topological polar surface area (TPSA) is 107 Å². The lowest BCUT2D eigenvalue weighted by Gasteiger charge is -2.68. The summed E-state index contributed by atoms with van der Waals surface area (Å²) >= 11 is 0. The average Bonchev–Trinajstić information content (AvgIpc) is 3.58. The number of allylic oxidation sites excluding steroid dienone is 3. The van der Waals surface area contributed by atoms with Crippen molar-refractivity contribution >= 4 is 29.1 Å². The first kappa shape index (κ1) is 38.8. The van der Waals surface area contributed by atoms with Crippen LogP contribution in [-0.4, -0.2) is 47.7 Å². The Balaban J connectivity index is 0.00000155. The molecular weight excluding hydrogens is 661 g/mol.